The molecule has 0 spiro atoms. The van der Waals surface area contributed by atoms with E-state index in [0.717, 1.165) is 24.2 Å². The number of nitrogens with one attached hydrogen (secondary N) is 1. The smallest absolute Gasteiger partial charge is 0.407 e. The number of hydrogen-bond acceptors (Lipinski definition) is 6. The fourth-order valence-corrected chi connectivity index (χ4v) is 2.82. The van der Waals surface area contributed by atoms with Crippen LogP contribution in [0.1, 0.15) is 25.3 Å². The number of ether oxygens (including phenoxy) is 3. The molecular formula is C17H25NO5S. The van der Waals surface area contributed by atoms with Gasteiger partial charge in [-0.2, -0.15) is 11.8 Å². The number of methoxy groups -OCH3 is 2. The Labute approximate surface area is 147 Å². The summed E-state index contributed by atoms with van der Waals surface area (Å²) in [7, 11) is 2.92. The van der Waals surface area contributed by atoms with E-state index in [1.807, 2.05) is 31.2 Å². The van der Waals surface area contributed by atoms with E-state index in [-0.39, 0.29) is 0 Å². The van der Waals surface area contributed by atoms with Crippen LogP contribution in [-0.4, -0.2) is 44.7 Å². The topological polar surface area (TPSA) is 73.9 Å². The second-order valence-corrected chi connectivity index (χ2v) is 6.10. The molecule has 0 aromatic heterocycles. The molecule has 0 aliphatic heterocycles. The first-order valence-corrected chi connectivity index (χ1v) is 8.98. The molecule has 1 unspecified atom stereocenters. The van der Waals surface area contributed by atoms with Gasteiger partial charge in [0.25, 0.3) is 0 Å². The van der Waals surface area contributed by atoms with Gasteiger partial charge >= 0.3 is 12.1 Å². The van der Waals surface area contributed by atoms with Gasteiger partial charge in [0.2, 0.25) is 0 Å². The third kappa shape index (κ3) is 7.59. The third-order valence-electron chi connectivity index (χ3n) is 3.22. The molecule has 1 aromatic rings. The highest BCUT2D eigenvalue weighted by molar-refractivity contribution is 7.98. The quantitative estimate of drug-likeness (QED) is 0.514. The first kappa shape index (κ1) is 20.2. The zero-order chi connectivity index (χ0) is 17.8. The summed E-state index contributed by atoms with van der Waals surface area (Å²) in [4.78, 5) is 23.5. The van der Waals surface area contributed by atoms with Gasteiger partial charge < -0.3 is 19.5 Å². The van der Waals surface area contributed by atoms with Crippen LogP contribution in [0.3, 0.4) is 0 Å². The maximum absolute atomic E-state index is 11.8. The first-order chi connectivity index (χ1) is 11.6. The van der Waals surface area contributed by atoms with E-state index in [4.69, 9.17) is 14.2 Å². The van der Waals surface area contributed by atoms with Crippen molar-refractivity contribution in [1.29, 1.82) is 0 Å². The molecule has 0 heterocycles. The van der Waals surface area contributed by atoms with Crippen molar-refractivity contribution in [3.05, 3.63) is 29.8 Å². The average molecular weight is 355 g/mol. The molecule has 7 heteroatoms. The summed E-state index contributed by atoms with van der Waals surface area (Å²) in [6.45, 7) is 2.35. The minimum atomic E-state index is -0.729. The van der Waals surface area contributed by atoms with Gasteiger partial charge in [-0.15, -0.1) is 0 Å². The van der Waals surface area contributed by atoms with E-state index in [1.165, 1.54) is 18.9 Å². The number of rotatable bonds is 10. The Morgan fingerprint density at radius 3 is 2.50 bits per heavy atom. The summed E-state index contributed by atoms with van der Waals surface area (Å²) in [5.74, 6) is 1.43. The zero-order valence-corrected chi connectivity index (χ0v) is 15.2. The van der Waals surface area contributed by atoms with Crippen molar-refractivity contribution in [2.45, 2.75) is 31.6 Å². The highest BCUT2D eigenvalue weighted by Crippen LogP contribution is 2.17. The molecule has 0 fully saturated rings. The van der Waals surface area contributed by atoms with Gasteiger partial charge in [-0.05, 0) is 24.1 Å². The molecule has 1 N–H and O–H groups in total. The van der Waals surface area contributed by atoms with Crippen molar-refractivity contribution in [1.82, 2.24) is 5.32 Å². The van der Waals surface area contributed by atoms with Crippen LogP contribution >= 0.6 is 11.8 Å². The summed E-state index contributed by atoms with van der Waals surface area (Å²) in [5.41, 5.74) is 1.11. The van der Waals surface area contributed by atoms with Crippen molar-refractivity contribution in [3.8, 4) is 5.75 Å². The van der Waals surface area contributed by atoms with Gasteiger partial charge in [0.1, 0.15) is 11.8 Å². The summed E-state index contributed by atoms with van der Waals surface area (Å²) < 4.78 is 14.9. The molecule has 6 nitrogen and oxygen atoms in total. The normalized spacial score (nSPS) is 11.5. The highest BCUT2D eigenvalue weighted by atomic mass is 32.2. The summed E-state index contributed by atoms with van der Waals surface area (Å²) in [6.07, 6.45) is 1.14. The van der Waals surface area contributed by atoms with Crippen LogP contribution in [0.15, 0.2) is 24.3 Å². The summed E-state index contributed by atoms with van der Waals surface area (Å²) in [5, 5.41) is 2.55. The van der Waals surface area contributed by atoms with Crippen LogP contribution in [0.2, 0.25) is 0 Å². The monoisotopic (exact) mass is 355 g/mol. The van der Waals surface area contributed by atoms with E-state index in [2.05, 4.69) is 5.32 Å². The standard InChI is InChI=1S/C17H25NO5S/c1-4-5-10-23-17(20)18-15(16(19)22-3)12-24-11-13-6-8-14(21-2)9-7-13/h6-9,15H,4-5,10-12H2,1-3H3,(H,18,20). The van der Waals surface area contributed by atoms with E-state index in [1.54, 1.807) is 7.11 Å². The molecule has 1 amide bonds. The highest BCUT2D eigenvalue weighted by Gasteiger charge is 2.22. The molecule has 0 radical (unpaired) electrons. The van der Waals surface area contributed by atoms with Crippen LogP contribution in [0.5, 0.6) is 5.75 Å². The van der Waals surface area contributed by atoms with E-state index in [0.29, 0.717) is 18.1 Å². The van der Waals surface area contributed by atoms with Gasteiger partial charge in [0, 0.05) is 11.5 Å². The number of benzene rings is 1. The second kappa shape index (κ2) is 11.6. The Balaban J connectivity index is 2.44. The molecule has 1 rings (SSSR count). The van der Waals surface area contributed by atoms with E-state index < -0.39 is 18.1 Å². The Hall–Kier alpha value is -1.89. The van der Waals surface area contributed by atoms with Crippen molar-refractivity contribution >= 4 is 23.8 Å². The van der Waals surface area contributed by atoms with Crippen molar-refractivity contribution < 1.29 is 23.8 Å². The van der Waals surface area contributed by atoms with Crippen molar-refractivity contribution in [2.75, 3.05) is 26.6 Å². The molecular weight excluding hydrogens is 330 g/mol. The van der Waals surface area contributed by atoms with Crippen LogP contribution in [0.25, 0.3) is 0 Å². The van der Waals surface area contributed by atoms with Crippen LogP contribution in [0, 0.1) is 0 Å². The van der Waals surface area contributed by atoms with E-state index >= 15 is 0 Å². The molecule has 0 aliphatic carbocycles. The maximum atomic E-state index is 11.8. The number of carbonyl (C=O) groups excluding carboxylic acids is 2. The first-order valence-electron chi connectivity index (χ1n) is 7.82. The maximum Gasteiger partial charge on any atom is 0.407 e. The number of alkyl carbamates (subject to hydrolysis) is 1. The minimum Gasteiger partial charge on any atom is -0.497 e. The molecule has 1 aromatic carbocycles. The predicted octanol–water partition coefficient (Wildman–Crippen LogP) is 3.00. The van der Waals surface area contributed by atoms with Gasteiger partial charge in [-0.1, -0.05) is 25.5 Å². The van der Waals surface area contributed by atoms with Gasteiger partial charge in [-0.25, -0.2) is 9.59 Å². The lowest BCUT2D eigenvalue weighted by molar-refractivity contribution is -0.142. The third-order valence-corrected chi connectivity index (χ3v) is 4.33. The second-order valence-electron chi connectivity index (χ2n) is 5.07. The average Bonchev–Trinajstić information content (AvgIpc) is 2.61. The zero-order valence-electron chi connectivity index (χ0n) is 14.4. The Bertz CT molecular complexity index is 506. The number of hydrogen-bond donors (Lipinski definition) is 1. The Morgan fingerprint density at radius 1 is 1.21 bits per heavy atom. The minimum absolute atomic E-state index is 0.342. The number of thioether (sulfide) groups is 1. The number of carbonyl (C=O) groups is 2. The fourth-order valence-electron chi connectivity index (χ4n) is 1.82. The summed E-state index contributed by atoms with van der Waals surface area (Å²) >= 11 is 1.53. The number of unbranched alkanes of at least 4 members (excludes halogenated alkanes) is 1. The molecule has 24 heavy (non-hydrogen) atoms. The fraction of sp³-hybridized carbons (Fsp3) is 0.529. The molecule has 0 saturated carbocycles. The lowest BCUT2D eigenvalue weighted by Crippen LogP contribution is -2.43. The number of amides is 1. The van der Waals surface area contributed by atoms with Crippen LogP contribution in [-0.2, 0) is 20.0 Å². The van der Waals surface area contributed by atoms with Crippen molar-refractivity contribution in [3.63, 3.8) is 0 Å². The lowest BCUT2D eigenvalue weighted by atomic mass is 10.2. The predicted molar refractivity (Wildman–Crippen MR) is 94.4 cm³/mol. The number of esters is 1. The molecule has 0 saturated heterocycles. The van der Waals surface area contributed by atoms with Crippen LogP contribution < -0.4 is 10.1 Å². The lowest BCUT2D eigenvalue weighted by Gasteiger charge is -2.16. The molecule has 0 aliphatic rings. The largest absolute Gasteiger partial charge is 0.497 e. The van der Waals surface area contributed by atoms with Crippen molar-refractivity contribution in [2.24, 2.45) is 0 Å². The van der Waals surface area contributed by atoms with Gasteiger partial charge in [0.15, 0.2) is 0 Å². The molecule has 1 atom stereocenters. The Kier molecular flexibility index (Phi) is 9.76. The van der Waals surface area contributed by atoms with E-state index in [9.17, 15) is 9.59 Å². The molecule has 134 valence electrons. The molecule has 0 bridgehead atoms. The van der Waals surface area contributed by atoms with Gasteiger partial charge in [0.05, 0.1) is 20.8 Å². The van der Waals surface area contributed by atoms with Crippen LogP contribution in [0.4, 0.5) is 4.79 Å². The van der Waals surface area contributed by atoms with Gasteiger partial charge in [-0.3, -0.25) is 0 Å². The Morgan fingerprint density at radius 2 is 1.92 bits per heavy atom. The summed E-state index contributed by atoms with van der Waals surface area (Å²) in [6, 6.07) is 6.97. The SMILES string of the molecule is CCCCOC(=O)NC(CSCc1ccc(OC)cc1)C(=O)OC.